The summed E-state index contributed by atoms with van der Waals surface area (Å²) in [6.45, 7) is 6.13. The minimum Gasteiger partial charge on any atom is -0.352 e. The average molecular weight is 333 g/mol. The van der Waals surface area contributed by atoms with Gasteiger partial charge in [-0.25, -0.2) is 9.50 Å². The smallest absolute Gasteiger partial charge is 0.253 e. The van der Waals surface area contributed by atoms with E-state index in [1.54, 1.807) is 4.52 Å². The van der Waals surface area contributed by atoms with E-state index in [9.17, 15) is 4.79 Å². The Morgan fingerprint density at radius 2 is 2.13 bits per heavy atom. The van der Waals surface area contributed by atoms with Crippen LogP contribution < -0.4 is 5.32 Å². The van der Waals surface area contributed by atoms with Gasteiger partial charge in [0.05, 0.1) is 5.75 Å². The third kappa shape index (κ3) is 3.83. The number of aromatic nitrogens is 4. The van der Waals surface area contributed by atoms with E-state index in [2.05, 4.69) is 27.3 Å². The van der Waals surface area contributed by atoms with Crippen molar-refractivity contribution in [1.82, 2.24) is 24.9 Å². The fourth-order valence-corrected chi connectivity index (χ4v) is 3.75. The van der Waals surface area contributed by atoms with Gasteiger partial charge in [0.15, 0.2) is 0 Å². The van der Waals surface area contributed by atoms with Crippen molar-refractivity contribution in [2.45, 2.75) is 57.7 Å². The minimum atomic E-state index is 0.0634. The molecule has 2 aromatic heterocycles. The van der Waals surface area contributed by atoms with Crippen molar-refractivity contribution in [3.63, 3.8) is 0 Å². The number of hydrogen-bond donors (Lipinski definition) is 1. The maximum atomic E-state index is 12.2. The Morgan fingerprint density at radius 1 is 1.35 bits per heavy atom. The number of nitrogens with zero attached hydrogens (tertiary/aromatic N) is 4. The molecule has 0 unspecified atom stereocenters. The summed E-state index contributed by atoms with van der Waals surface area (Å²) in [5, 5.41) is 8.16. The van der Waals surface area contributed by atoms with Crippen LogP contribution in [0.1, 0.15) is 44.0 Å². The number of hydrogen-bond acceptors (Lipinski definition) is 5. The van der Waals surface area contributed by atoms with Crippen molar-refractivity contribution in [2.24, 2.45) is 5.92 Å². The third-order valence-corrected chi connectivity index (χ3v) is 5.23. The van der Waals surface area contributed by atoms with Crippen molar-refractivity contribution in [2.75, 3.05) is 5.75 Å². The number of nitrogens with one attached hydrogen (secondary N) is 1. The zero-order chi connectivity index (χ0) is 16.4. The van der Waals surface area contributed by atoms with Gasteiger partial charge in [-0.05, 0) is 38.7 Å². The largest absolute Gasteiger partial charge is 0.352 e. The normalized spacial score (nSPS) is 21.5. The second kappa shape index (κ2) is 6.86. The lowest BCUT2D eigenvalue weighted by Crippen LogP contribution is -2.41. The molecule has 2 heterocycles. The summed E-state index contributed by atoms with van der Waals surface area (Å²) in [7, 11) is 0. The summed E-state index contributed by atoms with van der Waals surface area (Å²) in [5.74, 6) is 1.57. The topological polar surface area (TPSA) is 72.2 Å². The summed E-state index contributed by atoms with van der Waals surface area (Å²) in [6, 6.07) is 2.28. The molecule has 6 nitrogen and oxygen atoms in total. The highest BCUT2D eigenvalue weighted by molar-refractivity contribution is 7.99. The molecule has 3 rings (SSSR count). The molecular formula is C16H23N5OS. The maximum absolute atomic E-state index is 12.2. The molecule has 0 spiro atoms. The first kappa shape index (κ1) is 16.2. The summed E-state index contributed by atoms with van der Waals surface area (Å²) < 4.78 is 1.72. The monoisotopic (exact) mass is 333 g/mol. The molecule has 23 heavy (non-hydrogen) atoms. The number of carbonyl (C=O) groups is 1. The van der Waals surface area contributed by atoms with Crippen LogP contribution >= 0.6 is 11.8 Å². The second-order valence-corrected chi connectivity index (χ2v) is 7.31. The molecule has 124 valence electrons. The molecule has 2 atom stereocenters. The fraction of sp³-hybridized carbons (Fsp3) is 0.625. The van der Waals surface area contributed by atoms with Gasteiger partial charge in [-0.3, -0.25) is 4.79 Å². The minimum absolute atomic E-state index is 0.0634. The molecule has 0 bridgehead atoms. The van der Waals surface area contributed by atoms with E-state index < -0.39 is 0 Å². The Balaban J connectivity index is 1.59. The molecule has 0 saturated heterocycles. The van der Waals surface area contributed by atoms with Gasteiger partial charge in [0.1, 0.15) is 0 Å². The number of carbonyl (C=O) groups excluding carboxylic acids is 1. The van der Waals surface area contributed by atoms with Crippen LogP contribution in [0.4, 0.5) is 0 Å². The predicted molar refractivity (Wildman–Crippen MR) is 90.5 cm³/mol. The molecule has 1 saturated carbocycles. The van der Waals surface area contributed by atoms with E-state index in [1.807, 2.05) is 19.9 Å². The third-order valence-electron chi connectivity index (χ3n) is 4.39. The summed E-state index contributed by atoms with van der Waals surface area (Å²) >= 11 is 1.36. The fourth-order valence-electron chi connectivity index (χ4n) is 3.12. The second-order valence-electron chi connectivity index (χ2n) is 6.37. The van der Waals surface area contributed by atoms with Crippen LogP contribution in [-0.2, 0) is 4.79 Å². The lowest BCUT2D eigenvalue weighted by Gasteiger charge is -2.29. The Labute approximate surface area is 140 Å². The first-order chi connectivity index (χ1) is 11.0. The van der Waals surface area contributed by atoms with E-state index in [4.69, 9.17) is 0 Å². The van der Waals surface area contributed by atoms with Gasteiger partial charge < -0.3 is 5.32 Å². The van der Waals surface area contributed by atoms with Crippen molar-refractivity contribution in [3.8, 4) is 0 Å². The molecule has 0 radical (unpaired) electrons. The van der Waals surface area contributed by atoms with E-state index in [0.29, 0.717) is 28.6 Å². The summed E-state index contributed by atoms with van der Waals surface area (Å²) in [6.07, 6.45) is 4.78. The molecule has 1 fully saturated rings. The SMILES string of the molecule is Cc1cc(C)n2nc(SCC(=O)N[C@@H]3CCCC[C@H]3C)nc2n1. The standard InChI is InChI=1S/C16H23N5OS/c1-10-6-4-5-7-13(10)18-14(22)9-23-16-19-15-17-11(2)8-12(3)21(15)20-16/h8,10,13H,4-7,9H2,1-3H3,(H,18,22)/t10-,13-/m1/s1. The van der Waals surface area contributed by atoms with Crippen LogP contribution in [0.5, 0.6) is 0 Å². The Hall–Kier alpha value is -1.63. The number of fused-ring (bicyclic) bond motifs is 1. The quantitative estimate of drug-likeness (QED) is 0.871. The van der Waals surface area contributed by atoms with Gasteiger partial charge in [0.2, 0.25) is 11.1 Å². The van der Waals surface area contributed by atoms with Crippen molar-refractivity contribution in [3.05, 3.63) is 17.5 Å². The molecule has 0 aliphatic heterocycles. The highest BCUT2D eigenvalue weighted by Crippen LogP contribution is 2.24. The maximum Gasteiger partial charge on any atom is 0.253 e. The summed E-state index contributed by atoms with van der Waals surface area (Å²) in [5.41, 5.74) is 1.91. The van der Waals surface area contributed by atoms with Crippen LogP contribution in [0, 0.1) is 19.8 Å². The molecule has 1 aliphatic carbocycles. The zero-order valence-corrected chi connectivity index (χ0v) is 14.7. The van der Waals surface area contributed by atoms with E-state index >= 15 is 0 Å². The highest BCUT2D eigenvalue weighted by atomic mass is 32.2. The van der Waals surface area contributed by atoms with Crippen LogP contribution in [0.15, 0.2) is 11.2 Å². The number of amides is 1. The van der Waals surface area contributed by atoms with E-state index in [0.717, 1.165) is 17.8 Å². The summed E-state index contributed by atoms with van der Waals surface area (Å²) in [4.78, 5) is 20.9. The predicted octanol–water partition coefficient (Wildman–Crippen LogP) is 2.53. The molecular weight excluding hydrogens is 310 g/mol. The van der Waals surface area contributed by atoms with Crippen LogP contribution in [0.3, 0.4) is 0 Å². The Morgan fingerprint density at radius 3 is 2.91 bits per heavy atom. The zero-order valence-electron chi connectivity index (χ0n) is 13.9. The molecule has 2 aromatic rings. The van der Waals surface area contributed by atoms with Crippen molar-refractivity contribution < 1.29 is 4.79 Å². The molecule has 1 aliphatic rings. The van der Waals surface area contributed by atoms with Crippen LogP contribution in [0.2, 0.25) is 0 Å². The van der Waals surface area contributed by atoms with Gasteiger partial charge in [0, 0.05) is 17.4 Å². The Kier molecular flexibility index (Phi) is 4.84. The van der Waals surface area contributed by atoms with E-state index in [1.165, 1.54) is 31.0 Å². The number of thioether (sulfide) groups is 1. The lowest BCUT2D eigenvalue weighted by atomic mass is 9.86. The number of rotatable bonds is 4. The lowest BCUT2D eigenvalue weighted by molar-refractivity contribution is -0.119. The molecule has 7 heteroatoms. The van der Waals surface area contributed by atoms with E-state index in [-0.39, 0.29) is 5.91 Å². The van der Waals surface area contributed by atoms with Gasteiger partial charge in [-0.1, -0.05) is 31.5 Å². The Bertz CT molecular complexity index is 714. The molecule has 0 aromatic carbocycles. The molecule has 1 N–H and O–H groups in total. The van der Waals surface area contributed by atoms with Crippen molar-refractivity contribution in [1.29, 1.82) is 0 Å². The first-order valence-corrected chi connectivity index (χ1v) is 9.14. The van der Waals surface area contributed by atoms with Gasteiger partial charge in [-0.15, -0.1) is 5.10 Å². The highest BCUT2D eigenvalue weighted by Gasteiger charge is 2.22. The molecule has 1 amide bonds. The van der Waals surface area contributed by atoms with Gasteiger partial charge >= 0.3 is 0 Å². The van der Waals surface area contributed by atoms with Crippen LogP contribution in [-0.4, -0.2) is 37.3 Å². The van der Waals surface area contributed by atoms with Crippen LogP contribution in [0.25, 0.3) is 5.78 Å². The van der Waals surface area contributed by atoms with Gasteiger partial charge in [-0.2, -0.15) is 4.98 Å². The first-order valence-electron chi connectivity index (χ1n) is 8.16. The average Bonchev–Trinajstić information content (AvgIpc) is 2.91. The van der Waals surface area contributed by atoms with Crippen molar-refractivity contribution >= 4 is 23.4 Å². The number of aryl methyl sites for hydroxylation is 2. The van der Waals surface area contributed by atoms with Gasteiger partial charge in [0.25, 0.3) is 5.78 Å².